The van der Waals surface area contributed by atoms with Crippen LogP contribution in [-0.2, 0) is 9.59 Å². The smallest absolute Gasteiger partial charge is 0.275 e. The number of benzene rings is 2. The summed E-state index contributed by atoms with van der Waals surface area (Å²) in [6.07, 6.45) is 0. The van der Waals surface area contributed by atoms with E-state index in [1.54, 1.807) is 12.2 Å². The Morgan fingerprint density at radius 3 is 2.35 bits per heavy atom. The van der Waals surface area contributed by atoms with E-state index in [0.717, 1.165) is 12.1 Å². The normalized spacial score (nSPS) is 11.7. The second-order valence-electron chi connectivity index (χ2n) is 5.73. The molecule has 0 bridgehead atoms. The first kappa shape index (κ1) is 19.5. The van der Waals surface area contributed by atoms with Crippen LogP contribution in [0, 0.1) is 17.5 Å². The van der Waals surface area contributed by atoms with E-state index in [1.165, 1.54) is 30.3 Å². The third kappa shape index (κ3) is 5.89. The molecule has 0 aliphatic heterocycles. The molecule has 2 amide bonds. The topological polar surface area (TPSA) is 74.8 Å². The molecule has 2 rings (SSSR count). The van der Waals surface area contributed by atoms with Crippen LogP contribution in [0.5, 0.6) is 0 Å². The van der Waals surface area contributed by atoms with Gasteiger partial charge in [-0.1, -0.05) is 0 Å². The SMILES string of the molecule is C[C@H]([NH2+]CC(=O)NCC(=O)Nc1ccc(F)cc1)c1ccc(F)c(F)c1. The number of nitrogens with two attached hydrogens (primary N) is 1. The van der Waals surface area contributed by atoms with E-state index in [-0.39, 0.29) is 25.0 Å². The number of anilines is 1. The Kier molecular flexibility index (Phi) is 6.74. The van der Waals surface area contributed by atoms with Crippen molar-refractivity contribution >= 4 is 17.5 Å². The molecule has 0 aromatic heterocycles. The monoisotopic (exact) mass is 366 g/mol. The lowest BCUT2D eigenvalue weighted by Crippen LogP contribution is -2.87. The van der Waals surface area contributed by atoms with Crippen molar-refractivity contribution in [3.05, 3.63) is 65.5 Å². The lowest BCUT2D eigenvalue weighted by molar-refractivity contribution is -0.682. The minimum absolute atomic E-state index is 0.0178. The van der Waals surface area contributed by atoms with Crippen molar-refractivity contribution < 1.29 is 28.1 Å². The van der Waals surface area contributed by atoms with Crippen LogP contribution in [0.1, 0.15) is 18.5 Å². The number of quaternary nitrogens is 1. The molecule has 0 fully saturated rings. The van der Waals surface area contributed by atoms with Crippen molar-refractivity contribution in [3.63, 3.8) is 0 Å². The van der Waals surface area contributed by atoms with Gasteiger partial charge in [0.05, 0.1) is 6.54 Å². The molecule has 0 aliphatic carbocycles. The highest BCUT2D eigenvalue weighted by molar-refractivity contribution is 5.94. The fraction of sp³-hybridized carbons (Fsp3) is 0.222. The molecule has 4 N–H and O–H groups in total. The van der Waals surface area contributed by atoms with Gasteiger partial charge < -0.3 is 16.0 Å². The van der Waals surface area contributed by atoms with Crippen molar-refractivity contribution in [3.8, 4) is 0 Å². The molecular formula is C18H19F3N3O2+. The standard InChI is InChI=1S/C18H18F3N3O2/c1-11(12-2-7-15(20)16(21)8-12)22-9-17(25)23-10-18(26)24-14-5-3-13(19)4-6-14/h2-8,11,22H,9-10H2,1H3,(H,23,25)(H,24,26)/p+1/t11-/m0/s1. The lowest BCUT2D eigenvalue weighted by atomic mass is 10.1. The minimum atomic E-state index is -0.940. The summed E-state index contributed by atoms with van der Waals surface area (Å²) in [5, 5.41) is 6.61. The van der Waals surface area contributed by atoms with E-state index in [1.807, 2.05) is 0 Å². The van der Waals surface area contributed by atoms with Crippen LogP contribution >= 0.6 is 0 Å². The number of amides is 2. The van der Waals surface area contributed by atoms with Crippen molar-refractivity contribution in [1.29, 1.82) is 0 Å². The molecular weight excluding hydrogens is 347 g/mol. The fourth-order valence-corrected chi connectivity index (χ4v) is 2.20. The number of hydrogen-bond donors (Lipinski definition) is 3. The second-order valence-corrected chi connectivity index (χ2v) is 5.73. The highest BCUT2D eigenvalue weighted by atomic mass is 19.2. The largest absolute Gasteiger partial charge is 0.342 e. The van der Waals surface area contributed by atoms with Crippen LogP contribution < -0.4 is 16.0 Å². The van der Waals surface area contributed by atoms with Crippen molar-refractivity contribution in [1.82, 2.24) is 5.32 Å². The Bertz CT molecular complexity index is 782. The molecule has 0 saturated carbocycles. The van der Waals surface area contributed by atoms with Gasteiger partial charge in [-0.2, -0.15) is 0 Å². The highest BCUT2D eigenvalue weighted by Crippen LogP contribution is 2.13. The number of carbonyl (C=O) groups excluding carboxylic acids is 2. The molecule has 0 radical (unpaired) electrons. The summed E-state index contributed by atoms with van der Waals surface area (Å²) >= 11 is 0. The molecule has 0 heterocycles. The maximum Gasteiger partial charge on any atom is 0.275 e. The van der Waals surface area contributed by atoms with Crippen LogP contribution in [0.4, 0.5) is 18.9 Å². The van der Waals surface area contributed by atoms with Gasteiger partial charge in [-0.05, 0) is 49.4 Å². The summed E-state index contributed by atoms with van der Waals surface area (Å²) < 4.78 is 38.9. The van der Waals surface area contributed by atoms with E-state index in [9.17, 15) is 22.8 Å². The average molecular weight is 366 g/mol. The molecule has 1 atom stereocenters. The Morgan fingerprint density at radius 1 is 1.00 bits per heavy atom. The van der Waals surface area contributed by atoms with Gasteiger partial charge in [0, 0.05) is 11.3 Å². The molecule has 0 spiro atoms. The van der Waals surface area contributed by atoms with Gasteiger partial charge in [0.15, 0.2) is 18.2 Å². The van der Waals surface area contributed by atoms with E-state index in [4.69, 9.17) is 0 Å². The summed E-state index contributed by atoms with van der Waals surface area (Å²) in [6, 6.07) is 8.56. The molecule has 0 unspecified atom stereocenters. The summed E-state index contributed by atoms with van der Waals surface area (Å²) in [7, 11) is 0. The van der Waals surface area contributed by atoms with Gasteiger partial charge in [-0.15, -0.1) is 0 Å². The summed E-state index contributed by atoms with van der Waals surface area (Å²) in [4.78, 5) is 23.5. The van der Waals surface area contributed by atoms with Crippen LogP contribution in [0.15, 0.2) is 42.5 Å². The zero-order valence-electron chi connectivity index (χ0n) is 14.1. The number of hydrogen-bond acceptors (Lipinski definition) is 2. The van der Waals surface area contributed by atoms with Crippen molar-refractivity contribution in [2.75, 3.05) is 18.4 Å². The first-order valence-electron chi connectivity index (χ1n) is 7.95. The Labute approximate surface area is 148 Å². The maximum absolute atomic E-state index is 13.2. The van der Waals surface area contributed by atoms with Crippen LogP contribution in [-0.4, -0.2) is 24.9 Å². The number of rotatable bonds is 7. The molecule has 8 heteroatoms. The second kappa shape index (κ2) is 9.00. The van der Waals surface area contributed by atoms with Crippen molar-refractivity contribution in [2.45, 2.75) is 13.0 Å². The van der Waals surface area contributed by atoms with Crippen LogP contribution in [0.25, 0.3) is 0 Å². The molecule has 5 nitrogen and oxygen atoms in total. The van der Waals surface area contributed by atoms with E-state index in [2.05, 4.69) is 10.6 Å². The number of nitrogens with one attached hydrogen (secondary N) is 2. The summed E-state index contributed by atoms with van der Waals surface area (Å²) in [6.45, 7) is 1.54. The fourth-order valence-electron chi connectivity index (χ4n) is 2.20. The predicted molar refractivity (Wildman–Crippen MR) is 89.6 cm³/mol. The maximum atomic E-state index is 13.2. The van der Waals surface area contributed by atoms with E-state index >= 15 is 0 Å². The predicted octanol–water partition coefficient (Wildman–Crippen LogP) is 1.48. The van der Waals surface area contributed by atoms with Crippen LogP contribution in [0.3, 0.4) is 0 Å². The Morgan fingerprint density at radius 2 is 1.69 bits per heavy atom. The van der Waals surface area contributed by atoms with Gasteiger partial charge in [0.1, 0.15) is 11.9 Å². The molecule has 26 heavy (non-hydrogen) atoms. The molecule has 138 valence electrons. The number of halogens is 3. The number of carbonyl (C=O) groups is 2. The van der Waals surface area contributed by atoms with Gasteiger partial charge in [-0.3, -0.25) is 9.59 Å². The molecule has 0 saturated heterocycles. The van der Waals surface area contributed by atoms with E-state index < -0.39 is 23.4 Å². The van der Waals surface area contributed by atoms with Crippen molar-refractivity contribution in [2.24, 2.45) is 0 Å². The Hall–Kier alpha value is -2.87. The average Bonchev–Trinajstić information content (AvgIpc) is 2.62. The summed E-state index contributed by atoms with van der Waals surface area (Å²) in [5.74, 6) is -3.11. The van der Waals surface area contributed by atoms with E-state index in [0.29, 0.717) is 11.3 Å². The van der Waals surface area contributed by atoms with Gasteiger partial charge in [-0.25, -0.2) is 13.2 Å². The molecule has 2 aromatic rings. The zero-order valence-corrected chi connectivity index (χ0v) is 14.1. The molecule has 0 aliphatic rings. The first-order chi connectivity index (χ1) is 12.3. The third-order valence-electron chi connectivity index (χ3n) is 3.70. The lowest BCUT2D eigenvalue weighted by Gasteiger charge is -2.11. The van der Waals surface area contributed by atoms with Gasteiger partial charge >= 0.3 is 0 Å². The third-order valence-corrected chi connectivity index (χ3v) is 3.70. The first-order valence-corrected chi connectivity index (χ1v) is 7.95. The highest BCUT2D eigenvalue weighted by Gasteiger charge is 2.14. The van der Waals surface area contributed by atoms with Gasteiger partial charge in [0.2, 0.25) is 5.91 Å². The minimum Gasteiger partial charge on any atom is -0.342 e. The molecule has 2 aromatic carbocycles. The van der Waals surface area contributed by atoms with Crippen LogP contribution in [0.2, 0.25) is 0 Å². The Balaban J connectivity index is 1.73. The quantitative estimate of drug-likeness (QED) is 0.695. The zero-order chi connectivity index (χ0) is 19.1. The summed E-state index contributed by atoms with van der Waals surface area (Å²) in [5.41, 5.74) is 0.968. The van der Waals surface area contributed by atoms with Gasteiger partial charge in [0.25, 0.3) is 5.91 Å².